The molecule has 0 bridgehead atoms. The van der Waals surface area contributed by atoms with Crippen LogP contribution in [0.1, 0.15) is 63.1 Å². The molecule has 3 amide bonds. The Morgan fingerprint density at radius 3 is 1.39 bits per heavy atom. The van der Waals surface area contributed by atoms with E-state index in [0.717, 1.165) is 23.2 Å². The molecule has 0 aliphatic heterocycles. The van der Waals surface area contributed by atoms with E-state index in [2.05, 4.69) is 42.0 Å². The van der Waals surface area contributed by atoms with Crippen molar-refractivity contribution in [1.82, 2.24) is 21.3 Å². The normalized spacial score (nSPS) is 12.1. The highest BCUT2D eigenvalue weighted by Gasteiger charge is 2.28. The summed E-state index contributed by atoms with van der Waals surface area (Å²) in [5.41, 5.74) is 2.29. The van der Waals surface area contributed by atoms with Gasteiger partial charge in [0.25, 0.3) is 0 Å². The third kappa shape index (κ3) is 23.0. The molecule has 0 saturated carbocycles. The summed E-state index contributed by atoms with van der Waals surface area (Å²) in [5.74, 6) is -2.52. The molecule has 15 nitrogen and oxygen atoms in total. The van der Waals surface area contributed by atoms with Crippen molar-refractivity contribution in [2.45, 2.75) is 83.9 Å². The number of hydrogen-bond acceptors (Lipinski definition) is 12. The van der Waals surface area contributed by atoms with Gasteiger partial charge in [0, 0.05) is 31.5 Å². The van der Waals surface area contributed by atoms with Gasteiger partial charge in [-0.1, -0.05) is 91.0 Å². The highest BCUT2D eigenvalue weighted by atomic mass is 16.6. The summed E-state index contributed by atoms with van der Waals surface area (Å²) in [5, 5.41) is 11.2. The lowest BCUT2D eigenvalue weighted by Crippen LogP contribution is -2.52. The van der Waals surface area contributed by atoms with Gasteiger partial charge in [-0.05, 0) is 50.3 Å². The molecule has 2 unspecified atom stereocenters. The maximum atomic E-state index is 13.4. The molecule has 4 N–H and O–H groups in total. The Kier molecular flexibility index (Phi) is 22.9. The second-order valence-corrected chi connectivity index (χ2v) is 14.5. The lowest BCUT2D eigenvalue weighted by atomic mass is 10.1. The molecule has 0 fully saturated rings. The first-order chi connectivity index (χ1) is 28.5. The Morgan fingerprint density at radius 1 is 0.525 bits per heavy atom. The smallest absolute Gasteiger partial charge is 0.329 e. The lowest BCUT2D eigenvalue weighted by Gasteiger charge is -2.21. The van der Waals surface area contributed by atoms with Gasteiger partial charge in [0.1, 0.15) is 31.9 Å². The topological polar surface area (TPSA) is 189 Å². The van der Waals surface area contributed by atoms with Crippen LogP contribution in [0.3, 0.4) is 0 Å². The summed E-state index contributed by atoms with van der Waals surface area (Å²) in [6.07, 6.45) is -0.582. The molecule has 59 heavy (non-hydrogen) atoms. The summed E-state index contributed by atoms with van der Waals surface area (Å²) >= 11 is 0. The van der Waals surface area contributed by atoms with Crippen molar-refractivity contribution >= 4 is 29.8 Å². The molecule has 0 heterocycles. The number of urea groups is 1. The number of benzene rings is 3. The van der Waals surface area contributed by atoms with Gasteiger partial charge in [-0.25, -0.2) is 14.4 Å². The van der Waals surface area contributed by atoms with Crippen molar-refractivity contribution in [3.63, 3.8) is 0 Å². The van der Waals surface area contributed by atoms with Gasteiger partial charge in [-0.2, -0.15) is 0 Å². The molecule has 322 valence electrons. The van der Waals surface area contributed by atoms with Gasteiger partial charge < -0.3 is 49.7 Å². The van der Waals surface area contributed by atoms with E-state index in [4.69, 9.17) is 28.4 Å². The number of nitrogens with one attached hydrogen (secondary N) is 4. The first kappa shape index (κ1) is 48.0. The highest BCUT2D eigenvalue weighted by Crippen LogP contribution is 2.10. The second kappa shape index (κ2) is 28.1. The first-order valence-corrected chi connectivity index (χ1v) is 19.9. The minimum atomic E-state index is -1.27. The zero-order chi connectivity index (χ0) is 42.6. The molecule has 3 rings (SSSR count). The van der Waals surface area contributed by atoms with E-state index in [0.29, 0.717) is 33.0 Å². The predicted molar refractivity (Wildman–Crippen MR) is 220 cm³/mol. The van der Waals surface area contributed by atoms with E-state index >= 15 is 0 Å². The number of carbonyl (C=O) groups excluding carboxylic acids is 5. The number of esters is 3. The Morgan fingerprint density at radius 2 is 0.932 bits per heavy atom. The second-order valence-electron chi connectivity index (χ2n) is 14.5. The molecule has 3 aromatic carbocycles. The molecule has 3 aromatic rings. The van der Waals surface area contributed by atoms with Crippen molar-refractivity contribution in [2.24, 2.45) is 0 Å². The van der Waals surface area contributed by atoms with Crippen LogP contribution in [0.4, 0.5) is 4.79 Å². The van der Waals surface area contributed by atoms with Gasteiger partial charge in [-0.15, -0.1) is 0 Å². The summed E-state index contributed by atoms with van der Waals surface area (Å²) < 4.78 is 32.9. The van der Waals surface area contributed by atoms with Crippen LogP contribution >= 0.6 is 0 Å². The van der Waals surface area contributed by atoms with Gasteiger partial charge in [0.05, 0.1) is 39.6 Å². The maximum Gasteiger partial charge on any atom is 0.329 e. The van der Waals surface area contributed by atoms with Crippen LogP contribution in [0.25, 0.3) is 0 Å². The summed E-state index contributed by atoms with van der Waals surface area (Å²) in [6.45, 7) is 9.67. The Hall–Kier alpha value is -5.35. The fraction of sp³-hybridized carbons (Fsp3) is 0.477. The zero-order valence-corrected chi connectivity index (χ0v) is 34.4. The SMILES string of the molecule is CC(C)(C)NCCOCCOCCOCCNC(=O)CCC(NC(=O)NC(CCC(=O)OCc1ccccc1)C(=O)OCc1ccccc1)C(=O)OCc1ccccc1. The van der Waals surface area contributed by atoms with Gasteiger partial charge >= 0.3 is 23.9 Å². The third-order valence-corrected chi connectivity index (χ3v) is 8.38. The summed E-state index contributed by atoms with van der Waals surface area (Å²) in [6, 6.07) is 23.7. The van der Waals surface area contributed by atoms with Crippen LogP contribution in [0.5, 0.6) is 0 Å². The van der Waals surface area contributed by atoms with Crippen LogP contribution in [0, 0.1) is 0 Å². The molecular formula is C44H60N4O11. The van der Waals surface area contributed by atoms with Crippen LogP contribution in [-0.2, 0) is 67.4 Å². The van der Waals surface area contributed by atoms with E-state index < -0.39 is 36.0 Å². The lowest BCUT2D eigenvalue weighted by molar-refractivity contribution is -0.149. The van der Waals surface area contributed by atoms with Gasteiger partial charge in [0.15, 0.2) is 0 Å². The fourth-order valence-electron chi connectivity index (χ4n) is 5.25. The van der Waals surface area contributed by atoms with Crippen LogP contribution in [0.2, 0.25) is 0 Å². The number of carbonyl (C=O) groups is 5. The standard InChI is InChI=1S/C44H60N4O11/c1-44(2,3)46-24-26-55-28-30-56-29-27-54-25-23-45-39(49)21-19-37(41(51)58-32-35-15-9-5-10-16-35)47-43(53)48-38(42(52)59-33-36-17-11-6-12-18-36)20-22-40(50)57-31-34-13-7-4-8-14-34/h4-18,37-38,46H,19-33H2,1-3H3,(H,45,49)(H2,47,48,53). The Labute approximate surface area is 347 Å². The third-order valence-electron chi connectivity index (χ3n) is 8.38. The molecule has 0 aromatic heterocycles. The van der Waals surface area contributed by atoms with E-state index in [1.807, 2.05) is 42.5 Å². The molecule has 0 radical (unpaired) electrons. The van der Waals surface area contributed by atoms with Crippen molar-refractivity contribution < 1.29 is 52.4 Å². The van der Waals surface area contributed by atoms with E-state index in [1.54, 1.807) is 48.5 Å². The largest absolute Gasteiger partial charge is 0.461 e. The number of amides is 3. The van der Waals surface area contributed by atoms with Crippen molar-refractivity contribution in [3.05, 3.63) is 108 Å². The fourth-order valence-corrected chi connectivity index (χ4v) is 5.25. The number of rotatable bonds is 28. The monoisotopic (exact) mass is 820 g/mol. The van der Waals surface area contributed by atoms with Crippen LogP contribution in [-0.4, -0.2) is 100 Å². The van der Waals surface area contributed by atoms with Crippen molar-refractivity contribution in [1.29, 1.82) is 0 Å². The minimum Gasteiger partial charge on any atom is -0.461 e. The maximum absolute atomic E-state index is 13.4. The van der Waals surface area contributed by atoms with E-state index in [-0.39, 0.29) is 70.1 Å². The summed E-state index contributed by atoms with van der Waals surface area (Å²) in [4.78, 5) is 65.2. The molecule has 15 heteroatoms. The van der Waals surface area contributed by atoms with Crippen molar-refractivity contribution in [3.8, 4) is 0 Å². The van der Waals surface area contributed by atoms with Gasteiger partial charge in [0.2, 0.25) is 5.91 Å². The quantitative estimate of drug-likeness (QED) is 0.0461. The molecular weight excluding hydrogens is 761 g/mol. The first-order valence-electron chi connectivity index (χ1n) is 19.9. The minimum absolute atomic E-state index is 0.0454. The average molecular weight is 821 g/mol. The Bertz CT molecular complexity index is 1660. The molecule has 0 spiro atoms. The number of hydrogen-bond donors (Lipinski definition) is 4. The van der Waals surface area contributed by atoms with Crippen molar-refractivity contribution in [2.75, 3.05) is 52.7 Å². The highest BCUT2D eigenvalue weighted by molar-refractivity contribution is 5.88. The predicted octanol–water partition coefficient (Wildman–Crippen LogP) is 4.37. The molecule has 0 saturated heterocycles. The molecule has 0 aliphatic rings. The Balaban J connectivity index is 1.48. The summed E-state index contributed by atoms with van der Waals surface area (Å²) in [7, 11) is 0. The van der Waals surface area contributed by atoms with E-state index in [1.165, 1.54) is 0 Å². The molecule has 2 atom stereocenters. The zero-order valence-electron chi connectivity index (χ0n) is 34.4. The van der Waals surface area contributed by atoms with E-state index in [9.17, 15) is 24.0 Å². The molecule has 0 aliphatic carbocycles. The van der Waals surface area contributed by atoms with Crippen LogP contribution in [0.15, 0.2) is 91.0 Å². The van der Waals surface area contributed by atoms with Crippen LogP contribution < -0.4 is 21.3 Å². The average Bonchev–Trinajstić information content (AvgIpc) is 3.23. The number of ether oxygens (including phenoxy) is 6. The van der Waals surface area contributed by atoms with Gasteiger partial charge in [-0.3, -0.25) is 9.59 Å².